The van der Waals surface area contributed by atoms with E-state index >= 15 is 0 Å². The number of nitrogens with one attached hydrogen (secondary N) is 1. The monoisotopic (exact) mass is 246 g/mol. The summed E-state index contributed by atoms with van der Waals surface area (Å²) in [4.78, 5) is 24.2. The molecule has 0 bridgehead atoms. The lowest BCUT2D eigenvalue weighted by molar-refractivity contribution is -0.127. The summed E-state index contributed by atoms with van der Waals surface area (Å²) in [6.07, 6.45) is 0.463. The minimum atomic E-state index is 0.0676. The third-order valence-corrected chi connectivity index (χ3v) is 3.34. The van der Waals surface area contributed by atoms with Crippen molar-refractivity contribution >= 4 is 22.8 Å². The first-order valence-electron chi connectivity index (χ1n) is 5.40. The molecule has 0 aliphatic carbocycles. The molecule has 0 spiro atoms. The molecule has 0 aromatic rings. The summed E-state index contributed by atoms with van der Waals surface area (Å²) >= 11 is 1.25. The van der Waals surface area contributed by atoms with Crippen LogP contribution < -0.4 is 5.32 Å². The van der Waals surface area contributed by atoms with E-state index in [0.717, 1.165) is 0 Å². The molecule has 1 rings (SSSR count). The Kier molecular flexibility index (Phi) is 5.79. The number of nitrogens with zero attached hydrogens (tertiary/aromatic N) is 1. The van der Waals surface area contributed by atoms with Crippen LogP contribution in [0.3, 0.4) is 0 Å². The lowest BCUT2D eigenvalue weighted by atomic mass is 10.4. The molecular weight excluding hydrogens is 228 g/mol. The number of aliphatic hydroxyl groups is 1. The van der Waals surface area contributed by atoms with Crippen molar-refractivity contribution in [1.82, 2.24) is 10.2 Å². The van der Waals surface area contributed by atoms with Crippen molar-refractivity contribution in [1.29, 1.82) is 0 Å². The van der Waals surface area contributed by atoms with E-state index in [-0.39, 0.29) is 22.9 Å². The summed E-state index contributed by atoms with van der Waals surface area (Å²) in [6, 6.07) is 0. The standard InChI is InChI=1S/C10H18N2O3S/c1-8(14)16-9-6-10(15)12(7-9)4-2-11-3-5-13/h9,11,13H,2-7H2,1H3. The van der Waals surface area contributed by atoms with Gasteiger partial charge in [-0.1, -0.05) is 11.8 Å². The van der Waals surface area contributed by atoms with Crippen molar-refractivity contribution in [2.24, 2.45) is 0 Å². The molecule has 16 heavy (non-hydrogen) atoms. The zero-order chi connectivity index (χ0) is 12.0. The molecule has 1 amide bonds. The van der Waals surface area contributed by atoms with Gasteiger partial charge in [-0.2, -0.15) is 0 Å². The van der Waals surface area contributed by atoms with Crippen LogP contribution in [0.4, 0.5) is 0 Å². The fraction of sp³-hybridized carbons (Fsp3) is 0.800. The van der Waals surface area contributed by atoms with Gasteiger partial charge in [0.2, 0.25) is 5.91 Å². The maximum absolute atomic E-state index is 11.6. The maximum atomic E-state index is 11.6. The lowest BCUT2D eigenvalue weighted by Gasteiger charge is -2.16. The predicted octanol–water partition coefficient (Wildman–Crippen LogP) is -0.551. The number of carbonyl (C=O) groups excluding carboxylic acids is 2. The molecule has 1 fully saturated rings. The van der Waals surface area contributed by atoms with Crippen molar-refractivity contribution in [3.63, 3.8) is 0 Å². The van der Waals surface area contributed by atoms with Crippen molar-refractivity contribution in [2.75, 3.05) is 32.8 Å². The lowest BCUT2D eigenvalue weighted by Crippen LogP contribution is -2.34. The van der Waals surface area contributed by atoms with Crippen LogP contribution in [0.25, 0.3) is 0 Å². The summed E-state index contributed by atoms with van der Waals surface area (Å²) in [6.45, 7) is 4.17. The molecule has 1 aliphatic heterocycles. The molecular formula is C10H18N2O3S. The number of rotatable bonds is 6. The zero-order valence-electron chi connectivity index (χ0n) is 9.44. The van der Waals surface area contributed by atoms with Crippen molar-refractivity contribution in [3.8, 4) is 0 Å². The van der Waals surface area contributed by atoms with Gasteiger partial charge in [0.25, 0.3) is 0 Å². The van der Waals surface area contributed by atoms with E-state index in [0.29, 0.717) is 32.6 Å². The van der Waals surface area contributed by atoms with E-state index in [9.17, 15) is 9.59 Å². The number of thioether (sulfide) groups is 1. The second-order valence-electron chi connectivity index (χ2n) is 3.75. The molecule has 1 atom stereocenters. The fourth-order valence-corrected chi connectivity index (χ4v) is 2.63. The van der Waals surface area contributed by atoms with Gasteiger partial charge in [0.05, 0.1) is 6.61 Å². The van der Waals surface area contributed by atoms with Gasteiger partial charge >= 0.3 is 0 Å². The highest BCUT2D eigenvalue weighted by Gasteiger charge is 2.30. The van der Waals surface area contributed by atoms with Crippen molar-refractivity contribution < 1.29 is 14.7 Å². The number of carbonyl (C=O) groups is 2. The van der Waals surface area contributed by atoms with Crippen molar-refractivity contribution in [2.45, 2.75) is 18.6 Å². The second kappa shape index (κ2) is 6.88. The second-order valence-corrected chi connectivity index (χ2v) is 5.23. The molecule has 0 radical (unpaired) electrons. The van der Waals surface area contributed by atoms with Crippen LogP contribution in [0.15, 0.2) is 0 Å². The van der Waals surface area contributed by atoms with Crippen LogP contribution in [0, 0.1) is 0 Å². The van der Waals surface area contributed by atoms with Gasteiger partial charge in [-0.05, 0) is 0 Å². The van der Waals surface area contributed by atoms with E-state index in [4.69, 9.17) is 5.11 Å². The Morgan fingerprint density at radius 3 is 3.00 bits per heavy atom. The van der Waals surface area contributed by atoms with Gasteiger partial charge in [0.1, 0.15) is 0 Å². The number of hydrogen-bond acceptors (Lipinski definition) is 5. The zero-order valence-corrected chi connectivity index (χ0v) is 10.3. The Balaban J connectivity index is 2.23. The summed E-state index contributed by atoms with van der Waals surface area (Å²) in [5.41, 5.74) is 0. The van der Waals surface area contributed by atoms with Gasteiger partial charge in [-0.15, -0.1) is 0 Å². The van der Waals surface area contributed by atoms with Crippen LogP contribution in [0.1, 0.15) is 13.3 Å². The van der Waals surface area contributed by atoms with Crippen LogP contribution in [-0.4, -0.2) is 59.1 Å². The Labute approximate surface area is 99.6 Å². The molecule has 1 unspecified atom stereocenters. The molecule has 92 valence electrons. The average molecular weight is 246 g/mol. The molecule has 1 aliphatic rings. The molecule has 1 heterocycles. The molecule has 1 saturated heterocycles. The Morgan fingerprint density at radius 2 is 2.38 bits per heavy atom. The highest BCUT2D eigenvalue weighted by Crippen LogP contribution is 2.23. The Bertz CT molecular complexity index is 260. The number of aliphatic hydroxyl groups excluding tert-OH is 1. The topological polar surface area (TPSA) is 69.6 Å². The molecule has 0 aromatic carbocycles. The Morgan fingerprint density at radius 1 is 1.62 bits per heavy atom. The third kappa shape index (κ3) is 4.51. The quantitative estimate of drug-likeness (QED) is 0.615. The summed E-state index contributed by atoms with van der Waals surface area (Å²) in [5.74, 6) is 0.115. The van der Waals surface area contributed by atoms with Crippen LogP contribution in [-0.2, 0) is 9.59 Å². The highest BCUT2D eigenvalue weighted by molar-refractivity contribution is 8.14. The molecule has 0 aromatic heterocycles. The van der Waals surface area contributed by atoms with Crippen LogP contribution in [0.5, 0.6) is 0 Å². The van der Waals surface area contributed by atoms with E-state index in [1.807, 2.05) is 0 Å². The molecule has 2 N–H and O–H groups in total. The van der Waals surface area contributed by atoms with Gasteiger partial charge in [0.15, 0.2) is 5.12 Å². The fourth-order valence-electron chi connectivity index (χ4n) is 1.68. The summed E-state index contributed by atoms with van der Waals surface area (Å²) in [7, 11) is 0. The van der Waals surface area contributed by atoms with E-state index in [2.05, 4.69) is 5.32 Å². The minimum Gasteiger partial charge on any atom is -0.395 e. The number of likely N-dealkylation sites (tertiary alicyclic amines) is 1. The number of hydrogen-bond donors (Lipinski definition) is 2. The molecule has 0 saturated carbocycles. The van der Waals surface area contributed by atoms with E-state index < -0.39 is 0 Å². The molecule has 6 heteroatoms. The SMILES string of the molecule is CC(=O)SC1CC(=O)N(CCNCCO)C1. The van der Waals surface area contributed by atoms with Crippen molar-refractivity contribution in [3.05, 3.63) is 0 Å². The summed E-state index contributed by atoms with van der Waals surface area (Å²) in [5, 5.41) is 11.8. The minimum absolute atomic E-state index is 0.0676. The summed E-state index contributed by atoms with van der Waals surface area (Å²) < 4.78 is 0. The van der Waals surface area contributed by atoms with Crippen LogP contribution >= 0.6 is 11.8 Å². The first-order chi connectivity index (χ1) is 7.63. The smallest absolute Gasteiger partial charge is 0.223 e. The van der Waals surface area contributed by atoms with Gasteiger partial charge < -0.3 is 15.3 Å². The third-order valence-electron chi connectivity index (χ3n) is 2.36. The van der Waals surface area contributed by atoms with Gasteiger partial charge in [0, 0.05) is 44.8 Å². The van der Waals surface area contributed by atoms with Gasteiger partial charge in [-0.3, -0.25) is 9.59 Å². The van der Waals surface area contributed by atoms with Crippen LogP contribution in [0.2, 0.25) is 0 Å². The normalized spacial score (nSPS) is 20.5. The van der Waals surface area contributed by atoms with E-state index in [1.54, 1.807) is 4.90 Å². The van der Waals surface area contributed by atoms with Gasteiger partial charge in [-0.25, -0.2) is 0 Å². The number of amides is 1. The first-order valence-corrected chi connectivity index (χ1v) is 6.28. The maximum Gasteiger partial charge on any atom is 0.223 e. The molecule has 5 nitrogen and oxygen atoms in total. The Hall–Kier alpha value is -0.590. The highest BCUT2D eigenvalue weighted by atomic mass is 32.2. The van der Waals surface area contributed by atoms with E-state index in [1.165, 1.54) is 18.7 Å². The predicted molar refractivity (Wildman–Crippen MR) is 63.2 cm³/mol. The largest absolute Gasteiger partial charge is 0.395 e. The first kappa shape index (κ1) is 13.5. The average Bonchev–Trinajstić information content (AvgIpc) is 2.53.